The van der Waals surface area contributed by atoms with Crippen LogP contribution >= 0.6 is 11.3 Å². The zero-order valence-corrected chi connectivity index (χ0v) is 25.5. The molecule has 226 valence electrons. The topological polar surface area (TPSA) is 133 Å². The Morgan fingerprint density at radius 2 is 1.77 bits per heavy atom. The highest BCUT2D eigenvalue weighted by Gasteiger charge is 2.32. The summed E-state index contributed by atoms with van der Waals surface area (Å²) in [5.74, 6) is -0.864. The molecule has 0 spiro atoms. The number of pyridine rings is 1. The van der Waals surface area contributed by atoms with Crippen LogP contribution in [-0.2, 0) is 17.7 Å². The molecule has 0 unspecified atom stereocenters. The molecule has 2 amide bonds. The molecule has 44 heavy (non-hydrogen) atoms. The van der Waals surface area contributed by atoms with Crippen molar-refractivity contribution in [3.63, 3.8) is 0 Å². The van der Waals surface area contributed by atoms with Crippen LogP contribution in [0.1, 0.15) is 75.1 Å². The molecule has 2 aromatic heterocycles. The first kappa shape index (κ1) is 29.5. The standard InChI is InChI=1S/C34H34N4O5S/c1-34(13-3-4-14-34)38-32(40)27-10-9-23(29(37-27)33(41)42-2)24-18-28-26(30-21(11-15-43-28)12-16-44-30)17-25(24)31(39)36-22-7-5-20(19-35)6-8-22/h5-10,12,16-18H,3-4,11,13-15,19,35H2,1-2H3,(H,36,39)(H,38,40). The summed E-state index contributed by atoms with van der Waals surface area (Å²) in [6.07, 6.45) is 4.60. The molecule has 1 saturated carbocycles. The van der Waals surface area contributed by atoms with Gasteiger partial charge in [-0.3, -0.25) is 9.59 Å². The van der Waals surface area contributed by atoms with Gasteiger partial charge < -0.3 is 25.8 Å². The summed E-state index contributed by atoms with van der Waals surface area (Å²) in [7, 11) is 1.26. The lowest BCUT2D eigenvalue weighted by atomic mass is 9.93. The van der Waals surface area contributed by atoms with Crippen molar-refractivity contribution in [2.45, 2.75) is 51.1 Å². The number of amides is 2. The first-order chi connectivity index (χ1) is 21.3. The molecular formula is C34H34N4O5S. The number of nitrogens with two attached hydrogens (primary N) is 1. The monoisotopic (exact) mass is 610 g/mol. The number of ether oxygens (including phenoxy) is 2. The van der Waals surface area contributed by atoms with E-state index >= 15 is 0 Å². The highest BCUT2D eigenvalue weighted by molar-refractivity contribution is 7.13. The van der Waals surface area contributed by atoms with E-state index in [4.69, 9.17) is 15.2 Å². The number of anilines is 1. The van der Waals surface area contributed by atoms with Crippen LogP contribution in [0, 0.1) is 0 Å². The lowest BCUT2D eigenvalue weighted by Gasteiger charge is -2.25. The Morgan fingerprint density at radius 1 is 1.00 bits per heavy atom. The first-order valence-corrected chi connectivity index (χ1v) is 15.6. The molecule has 0 bridgehead atoms. The number of hydrogen-bond acceptors (Lipinski definition) is 8. The number of aromatic nitrogens is 1. The van der Waals surface area contributed by atoms with Gasteiger partial charge in [-0.2, -0.15) is 0 Å². The molecule has 10 heteroatoms. The SMILES string of the molecule is COC(=O)c1nc(C(=O)NC2(C)CCCC2)ccc1-c1cc2c(cc1C(=O)Nc1ccc(CN)cc1)-c1sccc1CCO2. The molecule has 6 rings (SSSR count). The van der Waals surface area contributed by atoms with Gasteiger partial charge in [0.15, 0.2) is 5.69 Å². The Balaban J connectivity index is 1.46. The number of nitrogens with zero attached hydrogens (tertiary/aromatic N) is 1. The zero-order chi connectivity index (χ0) is 30.8. The predicted octanol–water partition coefficient (Wildman–Crippen LogP) is 5.97. The number of esters is 1. The number of methoxy groups -OCH3 is 1. The second-order valence-electron chi connectivity index (χ2n) is 11.4. The van der Waals surface area contributed by atoms with Gasteiger partial charge in [0, 0.05) is 51.3 Å². The van der Waals surface area contributed by atoms with E-state index in [0.29, 0.717) is 41.3 Å². The van der Waals surface area contributed by atoms with Crippen molar-refractivity contribution in [2.75, 3.05) is 19.0 Å². The first-order valence-electron chi connectivity index (χ1n) is 14.7. The maximum atomic E-state index is 14.0. The van der Waals surface area contributed by atoms with Crippen molar-refractivity contribution in [1.82, 2.24) is 10.3 Å². The zero-order valence-electron chi connectivity index (χ0n) is 24.7. The Bertz CT molecular complexity index is 1740. The average molecular weight is 611 g/mol. The molecule has 1 fully saturated rings. The molecule has 4 aromatic rings. The Kier molecular flexibility index (Phi) is 8.20. The third-order valence-electron chi connectivity index (χ3n) is 8.35. The van der Waals surface area contributed by atoms with Crippen molar-refractivity contribution in [3.8, 4) is 27.3 Å². The normalized spacial score (nSPS) is 14.9. The molecule has 2 aromatic carbocycles. The summed E-state index contributed by atoms with van der Waals surface area (Å²) in [5.41, 5.74) is 10.1. The number of carbonyl (C=O) groups excluding carboxylic acids is 3. The van der Waals surface area contributed by atoms with Crippen molar-refractivity contribution in [3.05, 3.63) is 88.1 Å². The van der Waals surface area contributed by atoms with Crippen LogP contribution in [0.2, 0.25) is 0 Å². The average Bonchev–Trinajstić information content (AvgIpc) is 3.65. The molecule has 0 radical (unpaired) electrons. The molecule has 1 aliphatic carbocycles. The fourth-order valence-corrected chi connectivity index (χ4v) is 6.90. The molecule has 0 atom stereocenters. The minimum Gasteiger partial charge on any atom is -0.493 e. The van der Waals surface area contributed by atoms with Gasteiger partial charge in [0.25, 0.3) is 11.8 Å². The Morgan fingerprint density at radius 3 is 2.50 bits per heavy atom. The van der Waals surface area contributed by atoms with Crippen LogP contribution in [0.25, 0.3) is 21.6 Å². The summed E-state index contributed by atoms with van der Waals surface area (Å²) >= 11 is 1.59. The molecule has 4 N–H and O–H groups in total. The highest BCUT2D eigenvalue weighted by Crippen LogP contribution is 2.43. The second-order valence-corrected chi connectivity index (χ2v) is 12.3. The summed E-state index contributed by atoms with van der Waals surface area (Å²) in [6, 6.07) is 16.2. The van der Waals surface area contributed by atoms with Gasteiger partial charge >= 0.3 is 5.97 Å². The minimum absolute atomic E-state index is 0.0662. The molecule has 2 aliphatic rings. The predicted molar refractivity (Wildman–Crippen MR) is 170 cm³/mol. The van der Waals surface area contributed by atoms with Crippen LogP contribution in [-0.4, -0.2) is 42.0 Å². The van der Waals surface area contributed by atoms with E-state index in [1.165, 1.54) is 7.11 Å². The van der Waals surface area contributed by atoms with Crippen molar-refractivity contribution >= 4 is 34.8 Å². The van der Waals surface area contributed by atoms with Crippen molar-refractivity contribution in [2.24, 2.45) is 5.73 Å². The van der Waals surface area contributed by atoms with Gasteiger partial charge in [-0.25, -0.2) is 9.78 Å². The number of hydrogen-bond donors (Lipinski definition) is 3. The van der Waals surface area contributed by atoms with E-state index in [1.54, 1.807) is 47.7 Å². The van der Waals surface area contributed by atoms with Gasteiger partial charge in [-0.05, 0) is 78.7 Å². The number of rotatable bonds is 7. The Hall–Kier alpha value is -4.54. The number of carbonyl (C=O) groups is 3. The molecule has 0 saturated heterocycles. The summed E-state index contributed by atoms with van der Waals surface area (Å²) in [5, 5.41) is 8.10. The van der Waals surface area contributed by atoms with E-state index < -0.39 is 5.97 Å². The largest absolute Gasteiger partial charge is 0.493 e. The third-order valence-corrected chi connectivity index (χ3v) is 9.34. The van der Waals surface area contributed by atoms with E-state index in [1.807, 2.05) is 24.4 Å². The molecule has 3 heterocycles. The van der Waals surface area contributed by atoms with E-state index in [-0.39, 0.29) is 28.7 Å². The number of thiophene rings is 1. The maximum Gasteiger partial charge on any atom is 0.357 e. The van der Waals surface area contributed by atoms with E-state index in [2.05, 4.69) is 21.7 Å². The third kappa shape index (κ3) is 5.82. The highest BCUT2D eigenvalue weighted by atomic mass is 32.1. The number of fused-ring (bicyclic) bond motifs is 3. The fraction of sp³-hybridized carbons (Fsp3) is 0.294. The van der Waals surface area contributed by atoms with Crippen LogP contribution in [0.3, 0.4) is 0 Å². The van der Waals surface area contributed by atoms with Gasteiger partial charge in [-0.1, -0.05) is 25.0 Å². The summed E-state index contributed by atoms with van der Waals surface area (Å²) < 4.78 is 11.3. The quantitative estimate of drug-likeness (QED) is 0.220. The van der Waals surface area contributed by atoms with E-state index in [9.17, 15) is 14.4 Å². The summed E-state index contributed by atoms with van der Waals surface area (Å²) in [6.45, 7) is 2.88. The number of benzene rings is 2. The molecule has 1 aliphatic heterocycles. The van der Waals surface area contributed by atoms with Gasteiger partial charge in [0.05, 0.1) is 13.7 Å². The van der Waals surface area contributed by atoms with E-state index in [0.717, 1.165) is 53.7 Å². The van der Waals surface area contributed by atoms with Gasteiger partial charge in [-0.15, -0.1) is 11.3 Å². The van der Waals surface area contributed by atoms with Crippen molar-refractivity contribution < 1.29 is 23.9 Å². The van der Waals surface area contributed by atoms with Crippen LogP contribution in [0.5, 0.6) is 5.75 Å². The molecular weight excluding hydrogens is 576 g/mol. The van der Waals surface area contributed by atoms with Crippen molar-refractivity contribution in [1.29, 1.82) is 0 Å². The van der Waals surface area contributed by atoms with Crippen LogP contribution in [0.4, 0.5) is 5.69 Å². The lowest BCUT2D eigenvalue weighted by molar-refractivity contribution is 0.0594. The minimum atomic E-state index is -0.720. The van der Waals surface area contributed by atoms with Crippen LogP contribution < -0.4 is 21.1 Å². The van der Waals surface area contributed by atoms with Gasteiger partial charge in [0.2, 0.25) is 0 Å². The van der Waals surface area contributed by atoms with Crippen LogP contribution in [0.15, 0.2) is 60.0 Å². The van der Waals surface area contributed by atoms with Gasteiger partial charge in [0.1, 0.15) is 11.4 Å². The smallest absolute Gasteiger partial charge is 0.357 e. The fourth-order valence-electron chi connectivity index (χ4n) is 5.92. The molecule has 9 nitrogen and oxygen atoms in total. The Labute approximate surface area is 259 Å². The maximum absolute atomic E-state index is 14.0. The number of nitrogens with one attached hydrogen (secondary N) is 2. The second kappa shape index (κ2) is 12.2. The summed E-state index contributed by atoms with van der Waals surface area (Å²) in [4.78, 5) is 45.9. The lowest BCUT2D eigenvalue weighted by Crippen LogP contribution is -2.44.